The van der Waals surface area contributed by atoms with E-state index in [0.717, 1.165) is 11.1 Å². The van der Waals surface area contributed by atoms with Crippen LogP contribution in [0.4, 0.5) is 0 Å². The van der Waals surface area contributed by atoms with Gasteiger partial charge in [0.1, 0.15) is 5.75 Å². The predicted octanol–water partition coefficient (Wildman–Crippen LogP) is 2.51. The van der Waals surface area contributed by atoms with Crippen LogP contribution < -0.4 is 4.74 Å². The molecule has 0 aliphatic rings. The highest BCUT2D eigenvalue weighted by Gasteiger charge is 2.10. The molecular weight excluding hydrogens is 192 g/mol. The van der Waals surface area contributed by atoms with Gasteiger partial charge in [-0.3, -0.25) is 0 Å². The van der Waals surface area contributed by atoms with Gasteiger partial charge in [0.15, 0.2) is 0 Å². The lowest BCUT2D eigenvalue weighted by Crippen LogP contribution is -2.02. The van der Waals surface area contributed by atoms with Crippen molar-refractivity contribution in [3.05, 3.63) is 35.9 Å². The molecule has 0 amide bonds. The molecule has 0 spiro atoms. The highest BCUT2D eigenvalue weighted by atomic mass is 16.5. The summed E-state index contributed by atoms with van der Waals surface area (Å²) >= 11 is 0. The van der Waals surface area contributed by atoms with Crippen molar-refractivity contribution in [3.8, 4) is 5.75 Å². The molecule has 0 heterocycles. The van der Waals surface area contributed by atoms with E-state index >= 15 is 0 Å². The Hall–Kier alpha value is -1.77. The molecule has 0 aliphatic carbocycles. The highest BCUT2D eigenvalue weighted by Crippen LogP contribution is 2.25. The Bertz CT molecular complexity index is 394. The molecule has 3 heteroatoms. The summed E-state index contributed by atoms with van der Waals surface area (Å²) < 4.78 is 9.80. The molecule has 0 saturated carbocycles. The first kappa shape index (κ1) is 11.3. The zero-order valence-electron chi connectivity index (χ0n) is 9.16. The fourth-order valence-corrected chi connectivity index (χ4v) is 1.29. The molecule has 0 unspecified atom stereocenters. The first-order chi connectivity index (χ1) is 7.10. The second kappa shape index (κ2) is 4.64. The summed E-state index contributed by atoms with van der Waals surface area (Å²) in [6.45, 7) is 5.69. The third-order valence-corrected chi connectivity index (χ3v) is 2.08. The van der Waals surface area contributed by atoms with E-state index in [2.05, 4.69) is 11.3 Å². The van der Waals surface area contributed by atoms with Crippen LogP contribution in [-0.4, -0.2) is 20.2 Å². The molecule has 0 radical (unpaired) electrons. The highest BCUT2D eigenvalue weighted by molar-refractivity contribution is 5.91. The molecule has 1 aromatic rings. The van der Waals surface area contributed by atoms with Crippen molar-refractivity contribution in [2.45, 2.75) is 6.92 Å². The number of hydrogen-bond acceptors (Lipinski definition) is 3. The summed E-state index contributed by atoms with van der Waals surface area (Å²) in [6.07, 6.45) is 0. The van der Waals surface area contributed by atoms with Crippen molar-refractivity contribution in [3.63, 3.8) is 0 Å². The third kappa shape index (κ3) is 2.37. The van der Waals surface area contributed by atoms with Crippen molar-refractivity contribution in [1.29, 1.82) is 0 Å². The van der Waals surface area contributed by atoms with Gasteiger partial charge in [-0.05, 0) is 30.7 Å². The number of carbonyl (C=O) groups is 1. The van der Waals surface area contributed by atoms with Gasteiger partial charge >= 0.3 is 5.97 Å². The summed E-state index contributed by atoms with van der Waals surface area (Å²) in [5, 5.41) is 0. The zero-order valence-corrected chi connectivity index (χ0v) is 9.16. The summed E-state index contributed by atoms with van der Waals surface area (Å²) in [5.74, 6) is 0.343. The van der Waals surface area contributed by atoms with E-state index in [1.165, 1.54) is 7.11 Å². The Morgan fingerprint density at radius 2 is 2.00 bits per heavy atom. The number of ether oxygens (including phenoxy) is 2. The Morgan fingerprint density at radius 3 is 2.47 bits per heavy atom. The Balaban J connectivity index is 3.22. The quantitative estimate of drug-likeness (QED) is 0.713. The molecule has 0 aliphatic heterocycles. The Morgan fingerprint density at radius 1 is 1.33 bits per heavy atom. The van der Waals surface area contributed by atoms with E-state index in [-0.39, 0.29) is 5.97 Å². The first-order valence-electron chi connectivity index (χ1n) is 4.52. The molecule has 0 fully saturated rings. The number of rotatable bonds is 3. The molecule has 80 valence electrons. The lowest BCUT2D eigenvalue weighted by Gasteiger charge is -2.09. The van der Waals surface area contributed by atoms with Gasteiger partial charge in [-0.15, -0.1) is 0 Å². The second-order valence-electron chi connectivity index (χ2n) is 3.19. The largest absolute Gasteiger partial charge is 0.496 e. The minimum Gasteiger partial charge on any atom is -0.496 e. The number of esters is 1. The molecule has 0 N–H and O–H groups in total. The third-order valence-electron chi connectivity index (χ3n) is 2.08. The van der Waals surface area contributed by atoms with Gasteiger partial charge in [0.25, 0.3) is 0 Å². The van der Waals surface area contributed by atoms with E-state index in [4.69, 9.17) is 4.74 Å². The van der Waals surface area contributed by atoms with Crippen LogP contribution in [0.2, 0.25) is 0 Å². The van der Waals surface area contributed by atoms with Crippen LogP contribution in [0.3, 0.4) is 0 Å². The fraction of sp³-hybridized carbons (Fsp3) is 0.250. The topological polar surface area (TPSA) is 35.5 Å². The molecule has 1 rings (SSSR count). The predicted molar refractivity (Wildman–Crippen MR) is 59.0 cm³/mol. The van der Waals surface area contributed by atoms with Gasteiger partial charge in [-0.1, -0.05) is 6.58 Å². The van der Waals surface area contributed by atoms with E-state index < -0.39 is 0 Å². The summed E-state index contributed by atoms with van der Waals surface area (Å²) in [5.41, 5.74) is 2.16. The lowest BCUT2D eigenvalue weighted by atomic mass is 10.0. The maximum atomic E-state index is 11.3. The molecule has 1 aromatic carbocycles. The van der Waals surface area contributed by atoms with Gasteiger partial charge in [0, 0.05) is 5.56 Å². The number of allylic oxidation sites excluding steroid dienone is 1. The van der Waals surface area contributed by atoms with Crippen LogP contribution >= 0.6 is 0 Å². The van der Waals surface area contributed by atoms with Crippen molar-refractivity contribution in [2.24, 2.45) is 0 Å². The lowest BCUT2D eigenvalue weighted by molar-refractivity contribution is 0.0600. The van der Waals surface area contributed by atoms with E-state index in [0.29, 0.717) is 11.3 Å². The van der Waals surface area contributed by atoms with Crippen LogP contribution in [0, 0.1) is 0 Å². The number of benzene rings is 1. The van der Waals surface area contributed by atoms with Gasteiger partial charge in [-0.25, -0.2) is 4.79 Å². The second-order valence-corrected chi connectivity index (χ2v) is 3.19. The van der Waals surface area contributed by atoms with Gasteiger partial charge < -0.3 is 9.47 Å². The van der Waals surface area contributed by atoms with Crippen molar-refractivity contribution in [2.75, 3.05) is 14.2 Å². The molecular formula is C12H14O3. The van der Waals surface area contributed by atoms with Crippen LogP contribution in [0.25, 0.3) is 5.57 Å². The van der Waals surface area contributed by atoms with Crippen LogP contribution in [0.5, 0.6) is 5.75 Å². The molecule has 15 heavy (non-hydrogen) atoms. The monoisotopic (exact) mass is 206 g/mol. The maximum Gasteiger partial charge on any atom is 0.337 e. The van der Waals surface area contributed by atoms with Crippen LogP contribution in [-0.2, 0) is 4.74 Å². The first-order valence-corrected chi connectivity index (χ1v) is 4.52. The van der Waals surface area contributed by atoms with Gasteiger partial charge in [0.05, 0.1) is 19.8 Å². The minimum absolute atomic E-state index is 0.361. The summed E-state index contributed by atoms with van der Waals surface area (Å²) in [4.78, 5) is 11.3. The minimum atomic E-state index is -0.361. The molecule has 0 atom stereocenters. The SMILES string of the molecule is C=C(C)c1cc(C(=O)OC)ccc1OC. The molecule has 0 bridgehead atoms. The molecule has 0 aromatic heterocycles. The van der Waals surface area contributed by atoms with Crippen molar-refractivity contribution >= 4 is 11.5 Å². The molecule has 3 nitrogen and oxygen atoms in total. The Kier molecular flexibility index (Phi) is 3.50. The average molecular weight is 206 g/mol. The van der Waals surface area contributed by atoms with Crippen molar-refractivity contribution < 1.29 is 14.3 Å². The van der Waals surface area contributed by atoms with Crippen LogP contribution in [0.1, 0.15) is 22.8 Å². The smallest absolute Gasteiger partial charge is 0.337 e. The van der Waals surface area contributed by atoms with E-state index in [1.807, 2.05) is 6.92 Å². The van der Waals surface area contributed by atoms with Crippen molar-refractivity contribution in [1.82, 2.24) is 0 Å². The zero-order chi connectivity index (χ0) is 11.4. The number of hydrogen-bond donors (Lipinski definition) is 0. The number of carbonyl (C=O) groups excluding carboxylic acids is 1. The number of methoxy groups -OCH3 is 2. The van der Waals surface area contributed by atoms with E-state index in [9.17, 15) is 4.79 Å². The normalized spacial score (nSPS) is 9.53. The fourth-order valence-electron chi connectivity index (χ4n) is 1.29. The van der Waals surface area contributed by atoms with E-state index in [1.54, 1.807) is 25.3 Å². The molecule has 0 saturated heterocycles. The Labute approximate surface area is 89.3 Å². The van der Waals surface area contributed by atoms with Gasteiger partial charge in [0.2, 0.25) is 0 Å². The average Bonchev–Trinajstić information content (AvgIpc) is 2.27. The summed E-state index contributed by atoms with van der Waals surface area (Å²) in [7, 11) is 2.94. The van der Waals surface area contributed by atoms with Crippen LogP contribution in [0.15, 0.2) is 24.8 Å². The maximum absolute atomic E-state index is 11.3. The van der Waals surface area contributed by atoms with Gasteiger partial charge in [-0.2, -0.15) is 0 Å². The summed E-state index contributed by atoms with van der Waals surface area (Å²) in [6, 6.07) is 5.11. The standard InChI is InChI=1S/C12H14O3/c1-8(2)10-7-9(12(13)15-4)5-6-11(10)14-3/h5-7H,1H2,2-4H3.